The Hall–Kier alpha value is -3.99. The van der Waals surface area contributed by atoms with Crippen molar-refractivity contribution in [3.05, 3.63) is 89.7 Å². The number of cyclic esters (lactones) is 1. The van der Waals surface area contributed by atoms with Crippen molar-refractivity contribution in [2.75, 3.05) is 13.7 Å². The molecular weight excluding hydrogens is 516 g/mol. The minimum atomic E-state index is -1.17. The molecule has 1 fully saturated rings. The summed E-state index contributed by atoms with van der Waals surface area (Å²) in [6.45, 7) is 3.92. The summed E-state index contributed by atoms with van der Waals surface area (Å²) in [5, 5.41) is 12.9. The molecule has 0 unspecified atom stereocenters. The van der Waals surface area contributed by atoms with E-state index in [9.17, 15) is 14.7 Å². The fourth-order valence-electron chi connectivity index (χ4n) is 4.37. The quantitative estimate of drug-likeness (QED) is 0.386. The van der Waals surface area contributed by atoms with Crippen LogP contribution in [0.5, 0.6) is 11.5 Å². The van der Waals surface area contributed by atoms with Crippen molar-refractivity contribution < 1.29 is 38.4 Å². The number of esters is 1. The second-order valence-electron chi connectivity index (χ2n) is 9.44. The second-order valence-corrected chi connectivity index (χ2v) is 9.44. The third-order valence-corrected chi connectivity index (χ3v) is 6.56. The number of pyridine rings is 1. The summed E-state index contributed by atoms with van der Waals surface area (Å²) in [6, 6.07) is 19.6. The highest BCUT2D eigenvalue weighted by atomic mass is 16.6. The Morgan fingerprint density at radius 2 is 1.52 bits per heavy atom. The van der Waals surface area contributed by atoms with E-state index in [1.807, 2.05) is 67.6 Å². The number of hydrogen-bond acceptors (Lipinski definition) is 9. The van der Waals surface area contributed by atoms with Crippen LogP contribution in [0.15, 0.2) is 72.9 Å². The lowest BCUT2D eigenvalue weighted by Gasteiger charge is -2.33. The minimum Gasteiger partial charge on any atom is -0.503 e. The molecule has 2 aromatic carbocycles. The predicted molar refractivity (Wildman–Crippen MR) is 145 cm³/mol. The second kappa shape index (κ2) is 13.9. The van der Waals surface area contributed by atoms with Crippen molar-refractivity contribution in [2.24, 2.45) is 0 Å². The zero-order valence-electron chi connectivity index (χ0n) is 22.7. The lowest BCUT2D eigenvalue weighted by Crippen LogP contribution is -2.47. The van der Waals surface area contributed by atoms with Crippen molar-refractivity contribution in [1.29, 1.82) is 0 Å². The van der Waals surface area contributed by atoms with Gasteiger partial charge >= 0.3 is 5.97 Å². The first kappa shape index (κ1) is 29.0. The third-order valence-electron chi connectivity index (χ3n) is 6.56. The number of methoxy groups -OCH3 is 1. The van der Waals surface area contributed by atoms with E-state index in [1.54, 1.807) is 6.92 Å². The van der Waals surface area contributed by atoms with Gasteiger partial charge in [0.1, 0.15) is 18.3 Å². The standard InChI is InChI=1S/C30H34N2O8/c1-19-27(38-16-21-10-6-4-7-11-21)28(39-17-22-12-8-5-9-13-22)20(2)40-30(35)23(18-37-19)32-29(34)25-26(33)24(36-3)14-15-31-25/h4-15,19-20,23,27-28,33H,16-18H2,1-3H3,(H,32,34)/t19-,20-,23-,27-,28-/m0/s1. The largest absolute Gasteiger partial charge is 0.503 e. The lowest BCUT2D eigenvalue weighted by atomic mass is 10.0. The van der Waals surface area contributed by atoms with Crippen LogP contribution in [0, 0.1) is 0 Å². The number of carbonyl (C=O) groups excluding carboxylic acids is 2. The number of hydrogen-bond donors (Lipinski definition) is 2. The van der Waals surface area contributed by atoms with Gasteiger partial charge in [-0.15, -0.1) is 0 Å². The van der Waals surface area contributed by atoms with Gasteiger partial charge in [0, 0.05) is 12.3 Å². The maximum Gasteiger partial charge on any atom is 0.331 e. The molecule has 0 spiro atoms. The van der Waals surface area contributed by atoms with Gasteiger partial charge in [-0.1, -0.05) is 60.7 Å². The molecule has 0 radical (unpaired) electrons. The number of ether oxygens (including phenoxy) is 5. The highest BCUT2D eigenvalue weighted by Crippen LogP contribution is 2.28. The van der Waals surface area contributed by atoms with Gasteiger partial charge in [-0.3, -0.25) is 4.79 Å². The molecule has 40 heavy (non-hydrogen) atoms. The fourth-order valence-corrected chi connectivity index (χ4v) is 4.37. The fraction of sp³-hybridized carbons (Fsp3) is 0.367. The van der Waals surface area contributed by atoms with Crippen molar-refractivity contribution in [3.63, 3.8) is 0 Å². The monoisotopic (exact) mass is 550 g/mol. The molecule has 10 nitrogen and oxygen atoms in total. The minimum absolute atomic E-state index is 0.0764. The van der Waals surface area contributed by atoms with E-state index in [4.69, 9.17) is 23.7 Å². The van der Waals surface area contributed by atoms with Crippen LogP contribution >= 0.6 is 0 Å². The van der Waals surface area contributed by atoms with Crippen molar-refractivity contribution in [3.8, 4) is 11.5 Å². The molecule has 2 N–H and O–H groups in total. The number of rotatable bonds is 9. The molecule has 1 saturated heterocycles. The van der Waals surface area contributed by atoms with Crippen LogP contribution in [0.25, 0.3) is 0 Å². The highest BCUT2D eigenvalue weighted by molar-refractivity contribution is 5.98. The van der Waals surface area contributed by atoms with E-state index in [0.717, 1.165) is 11.1 Å². The Kier molecular flexibility index (Phi) is 10.1. The lowest BCUT2D eigenvalue weighted by molar-refractivity contribution is -0.178. The van der Waals surface area contributed by atoms with Crippen molar-refractivity contribution in [2.45, 2.75) is 57.5 Å². The van der Waals surface area contributed by atoms with Crippen LogP contribution in [-0.4, -0.2) is 66.1 Å². The zero-order chi connectivity index (χ0) is 28.5. The molecular formula is C30H34N2O8. The molecule has 5 atom stereocenters. The Morgan fingerprint density at radius 1 is 0.950 bits per heavy atom. The Balaban J connectivity index is 1.54. The molecule has 10 heteroatoms. The van der Waals surface area contributed by atoms with E-state index in [2.05, 4.69) is 10.3 Å². The van der Waals surface area contributed by atoms with E-state index in [-0.39, 0.29) is 24.7 Å². The van der Waals surface area contributed by atoms with Gasteiger partial charge in [0.15, 0.2) is 23.2 Å². The van der Waals surface area contributed by atoms with Crippen LogP contribution in [0.1, 0.15) is 35.5 Å². The van der Waals surface area contributed by atoms with Crippen LogP contribution in [0.4, 0.5) is 0 Å². The van der Waals surface area contributed by atoms with Crippen molar-refractivity contribution >= 4 is 11.9 Å². The van der Waals surface area contributed by atoms with Crippen LogP contribution in [0.3, 0.4) is 0 Å². The van der Waals surface area contributed by atoms with E-state index in [1.165, 1.54) is 19.4 Å². The maximum absolute atomic E-state index is 13.2. The Labute approximate surface area is 233 Å². The normalized spacial score (nSPS) is 23.3. The van der Waals surface area contributed by atoms with Crippen LogP contribution in [0.2, 0.25) is 0 Å². The van der Waals surface area contributed by atoms with E-state index in [0.29, 0.717) is 6.61 Å². The van der Waals surface area contributed by atoms with Crippen LogP contribution < -0.4 is 10.1 Å². The Bertz CT molecular complexity index is 1260. The number of aromatic hydroxyl groups is 1. The average Bonchev–Trinajstić information content (AvgIpc) is 3.00. The van der Waals surface area contributed by atoms with Gasteiger partial charge in [-0.25, -0.2) is 9.78 Å². The molecule has 4 rings (SSSR count). The molecule has 1 aliphatic rings. The number of nitrogens with zero attached hydrogens (tertiary/aromatic N) is 1. The summed E-state index contributed by atoms with van der Waals surface area (Å²) in [7, 11) is 1.36. The number of benzene rings is 2. The molecule has 0 saturated carbocycles. The molecule has 212 valence electrons. The summed E-state index contributed by atoms with van der Waals surface area (Å²) in [5.74, 6) is -1.86. The summed E-state index contributed by atoms with van der Waals surface area (Å²) in [4.78, 5) is 30.1. The average molecular weight is 551 g/mol. The third kappa shape index (κ3) is 7.35. The van der Waals surface area contributed by atoms with E-state index < -0.39 is 48.1 Å². The van der Waals surface area contributed by atoms with Gasteiger partial charge in [0.2, 0.25) is 0 Å². The summed E-state index contributed by atoms with van der Waals surface area (Å²) < 4.78 is 29.5. The summed E-state index contributed by atoms with van der Waals surface area (Å²) in [6.07, 6.45) is -1.25. The van der Waals surface area contributed by atoms with Gasteiger partial charge in [-0.2, -0.15) is 0 Å². The highest BCUT2D eigenvalue weighted by Gasteiger charge is 2.40. The van der Waals surface area contributed by atoms with Crippen molar-refractivity contribution in [1.82, 2.24) is 10.3 Å². The summed E-state index contributed by atoms with van der Waals surface area (Å²) in [5.41, 5.74) is 1.63. The van der Waals surface area contributed by atoms with Crippen LogP contribution in [-0.2, 0) is 37.0 Å². The smallest absolute Gasteiger partial charge is 0.331 e. The first-order valence-corrected chi connectivity index (χ1v) is 13.0. The predicted octanol–water partition coefficient (Wildman–Crippen LogP) is 3.42. The van der Waals surface area contributed by atoms with E-state index >= 15 is 0 Å². The number of amides is 1. The number of carbonyl (C=O) groups is 2. The first-order valence-electron chi connectivity index (χ1n) is 13.0. The number of nitrogens with one attached hydrogen (secondary N) is 1. The molecule has 1 amide bonds. The topological polar surface area (TPSA) is 125 Å². The van der Waals surface area contributed by atoms with Gasteiger partial charge in [-0.05, 0) is 25.0 Å². The SMILES string of the molecule is COc1ccnc(C(=O)N[C@H]2CO[C@@H](C)[C@H](OCc3ccccc3)[C@@H](OCc3ccccc3)[C@H](C)OC2=O)c1O. The summed E-state index contributed by atoms with van der Waals surface area (Å²) >= 11 is 0. The molecule has 2 heterocycles. The molecule has 0 aliphatic carbocycles. The molecule has 1 aliphatic heterocycles. The Morgan fingerprint density at radius 3 is 2.10 bits per heavy atom. The zero-order valence-corrected chi connectivity index (χ0v) is 22.7. The first-order chi connectivity index (χ1) is 19.4. The van der Waals surface area contributed by atoms with Gasteiger partial charge < -0.3 is 34.1 Å². The molecule has 3 aromatic rings. The molecule has 1 aromatic heterocycles. The van der Waals surface area contributed by atoms with Gasteiger partial charge in [0.25, 0.3) is 5.91 Å². The number of aromatic nitrogens is 1. The molecule has 0 bridgehead atoms. The van der Waals surface area contributed by atoms with Gasteiger partial charge in [0.05, 0.1) is 33.0 Å². The maximum atomic E-state index is 13.2.